The van der Waals surface area contributed by atoms with E-state index in [1.165, 1.54) is 0 Å². The van der Waals surface area contributed by atoms with E-state index in [9.17, 15) is 8.42 Å². The van der Waals surface area contributed by atoms with Gasteiger partial charge in [-0.15, -0.1) is 0 Å². The maximum absolute atomic E-state index is 12.1. The van der Waals surface area contributed by atoms with Crippen LogP contribution in [0, 0.1) is 6.92 Å². The third kappa shape index (κ3) is 3.00. The van der Waals surface area contributed by atoms with E-state index in [4.69, 9.17) is 5.11 Å². The average Bonchev–Trinajstić information content (AvgIpc) is 2.98. The molecule has 0 saturated carbocycles. The van der Waals surface area contributed by atoms with E-state index in [2.05, 4.69) is 24.9 Å². The van der Waals surface area contributed by atoms with Gasteiger partial charge in [0.25, 0.3) is 0 Å². The Balaban J connectivity index is 2.07. The first-order valence-corrected chi connectivity index (χ1v) is 7.15. The van der Waals surface area contributed by atoms with Crippen molar-refractivity contribution in [3.63, 3.8) is 0 Å². The van der Waals surface area contributed by atoms with Crippen molar-refractivity contribution in [1.82, 2.24) is 24.9 Å². The van der Waals surface area contributed by atoms with Crippen molar-refractivity contribution in [2.24, 2.45) is 0 Å². The summed E-state index contributed by atoms with van der Waals surface area (Å²) in [6.07, 6.45) is 3.74. The van der Waals surface area contributed by atoms with Gasteiger partial charge < -0.3 is 10.1 Å². The number of aliphatic hydroxyl groups excluding tert-OH is 1. The Kier molecular flexibility index (Phi) is 3.98. The molecule has 0 unspecified atom stereocenters. The number of imidazole rings is 1. The van der Waals surface area contributed by atoms with Crippen molar-refractivity contribution in [1.29, 1.82) is 0 Å². The number of hydrogen-bond donors (Lipinski definition) is 4. The zero-order chi connectivity index (χ0) is 13.9. The number of sulfonamides is 1. The highest BCUT2D eigenvalue weighted by atomic mass is 32.2. The van der Waals surface area contributed by atoms with Gasteiger partial charge in [-0.1, -0.05) is 0 Å². The molecule has 4 N–H and O–H groups in total. The standard InChI is InChI=1S/C10H15N5O3S/c1-7-10(8(6-16)15-14-7)19(17,18)13-3-2-9-11-4-5-12-9/h4-5,13,16H,2-3,6H2,1H3,(H,11,12)(H,14,15). The van der Waals surface area contributed by atoms with Gasteiger partial charge in [0.1, 0.15) is 16.4 Å². The number of nitrogens with one attached hydrogen (secondary N) is 3. The highest BCUT2D eigenvalue weighted by Gasteiger charge is 2.23. The van der Waals surface area contributed by atoms with E-state index in [1.807, 2.05) is 0 Å². The second-order valence-corrected chi connectivity index (χ2v) is 5.67. The molecule has 2 rings (SSSR count). The predicted molar refractivity (Wildman–Crippen MR) is 66.7 cm³/mol. The second-order valence-electron chi connectivity index (χ2n) is 3.97. The Morgan fingerprint density at radius 1 is 1.47 bits per heavy atom. The molecule has 0 atom stereocenters. The van der Waals surface area contributed by atoms with Crippen LogP contribution in [0.1, 0.15) is 17.2 Å². The van der Waals surface area contributed by atoms with Gasteiger partial charge in [-0.2, -0.15) is 5.10 Å². The van der Waals surface area contributed by atoms with Crippen LogP contribution in [0.5, 0.6) is 0 Å². The number of aromatic amines is 2. The minimum atomic E-state index is -3.69. The van der Waals surface area contributed by atoms with E-state index in [1.54, 1.807) is 19.3 Å². The summed E-state index contributed by atoms with van der Waals surface area (Å²) in [5.74, 6) is 0.703. The molecule has 0 aliphatic carbocycles. The van der Waals surface area contributed by atoms with Crippen LogP contribution in [0.3, 0.4) is 0 Å². The summed E-state index contributed by atoms with van der Waals surface area (Å²) in [7, 11) is -3.69. The molecule has 0 aliphatic rings. The van der Waals surface area contributed by atoms with Crippen LogP contribution < -0.4 is 4.72 Å². The quantitative estimate of drug-likeness (QED) is 0.567. The summed E-state index contributed by atoms with van der Waals surface area (Å²) in [5, 5.41) is 15.4. The van der Waals surface area contributed by atoms with E-state index >= 15 is 0 Å². The molecular formula is C10H15N5O3S. The molecule has 0 bridgehead atoms. The summed E-state index contributed by atoms with van der Waals surface area (Å²) in [4.78, 5) is 6.90. The molecule has 2 aromatic heterocycles. The van der Waals surface area contributed by atoms with Crippen molar-refractivity contribution in [2.45, 2.75) is 24.8 Å². The predicted octanol–water partition coefficient (Wildman–Crippen LogP) is -0.545. The fourth-order valence-corrected chi connectivity index (χ4v) is 3.13. The monoisotopic (exact) mass is 285 g/mol. The molecule has 19 heavy (non-hydrogen) atoms. The lowest BCUT2D eigenvalue weighted by atomic mass is 10.4. The fourth-order valence-electron chi connectivity index (χ4n) is 1.74. The number of aryl methyl sites for hydroxylation is 1. The SMILES string of the molecule is Cc1[nH]nc(CO)c1S(=O)(=O)NCCc1ncc[nH]1. The van der Waals surface area contributed by atoms with E-state index in [0.29, 0.717) is 17.9 Å². The molecule has 0 aliphatic heterocycles. The van der Waals surface area contributed by atoms with Gasteiger partial charge in [0.05, 0.1) is 12.3 Å². The molecule has 0 radical (unpaired) electrons. The first-order chi connectivity index (χ1) is 9.04. The smallest absolute Gasteiger partial charge is 0.244 e. The average molecular weight is 285 g/mol. The Morgan fingerprint density at radius 2 is 2.26 bits per heavy atom. The summed E-state index contributed by atoms with van der Waals surface area (Å²) in [6, 6.07) is 0. The number of hydrogen-bond acceptors (Lipinski definition) is 5. The first-order valence-electron chi connectivity index (χ1n) is 5.67. The number of aromatic nitrogens is 4. The summed E-state index contributed by atoms with van der Waals surface area (Å²) in [5.41, 5.74) is 0.512. The number of aliphatic hydroxyl groups is 1. The third-order valence-corrected chi connectivity index (χ3v) is 4.25. The molecule has 8 nitrogen and oxygen atoms in total. The highest BCUT2D eigenvalue weighted by molar-refractivity contribution is 7.89. The number of H-pyrrole nitrogens is 2. The van der Waals surface area contributed by atoms with Gasteiger partial charge in [0.2, 0.25) is 10.0 Å². The van der Waals surface area contributed by atoms with Gasteiger partial charge >= 0.3 is 0 Å². The minimum Gasteiger partial charge on any atom is -0.390 e. The van der Waals surface area contributed by atoms with Gasteiger partial charge in [0, 0.05) is 25.4 Å². The normalized spacial score (nSPS) is 11.9. The largest absolute Gasteiger partial charge is 0.390 e. The molecule has 0 fully saturated rings. The van der Waals surface area contributed by atoms with Crippen molar-refractivity contribution in [2.75, 3.05) is 6.54 Å². The number of rotatable bonds is 6. The van der Waals surface area contributed by atoms with E-state index in [-0.39, 0.29) is 17.1 Å². The Hall–Kier alpha value is -1.71. The van der Waals surface area contributed by atoms with Crippen LogP contribution >= 0.6 is 0 Å². The second kappa shape index (κ2) is 5.51. The molecule has 9 heteroatoms. The van der Waals surface area contributed by atoms with Gasteiger partial charge in [-0.3, -0.25) is 5.10 Å². The minimum absolute atomic E-state index is 0.00875. The van der Waals surface area contributed by atoms with Crippen molar-refractivity contribution < 1.29 is 13.5 Å². The molecule has 2 aromatic rings. The van der Waals surface area contributed by atoms with Crippen molar-refractivity contribution in [3.05, 3.63) is 29.6 Å². The maximum Gasteiger partial charge on any atom is 0.244 e. The third-order valence-electron chi connectivity index (χ3n) is 2.59. The molecule has 2 heterocycles. The van der Waals surface area contributed by atoms with E-state index < -0.39 is 16.6 Å². The van der Waals surface area contributed by atoms with E-state index in [0.717, 1.165) is 0 Å². The van der Waals surface area contributed by atoms with Crippen molar-refractivity contribution in [3.8, 4) is 0 Å². The summed E-state index contributed by atoms with van der Waals surface area (Å²) >= 11 is 0. The highest BCUT2D eigenvalue weighted by Crippen LogP contribution is 2.17. The Bertz CT molecular complexity index is 632. The van der Waals surface area contributed by atoms with Gasteiger partial charge in [-0.25, -0.2) is 18.1 Å². The summed E-state index contributed by atoms with van der Waals surface area (Å²) < 4.78 is 26.7. The van der Waals surface area contributed by atoms with Crippen LogP contribution in [0.25, 0.3) is 0 Å². The van der Waals surface area contributed by atoms with Crippen LogP contribution in [0.15, 0.2) is 17.3 Å². The van der Waals surface area contributed by atoms with Crippen LogP contribution in [-0.4, -0.2) is 40.2 Å². The van der Waals surface area contributed by atoms with Gasteiger partial charge in [-0.05, 0) is 6.92 Å². The topological polar surface area (TPSA) is 124 Å². The maximum atomic E-state index is 12.1. The number of nitrogens with zero attached hydrogens (tertiary/aromatic N) is 2. The lowest BCUT2D eigenvalue weighted by molar-refractivity contribution is 0.273. The zero-order valence-electron chi connectivity index (χ0n) is 10.3. The van der Waals surface area contributed by atoms with Crippen molar-refractivity contribution >= 4 is 10.0 Å². The fraction of sp³-hybridized carbons (Fsp3) is 0.400. The van der Waals surface area contributed by atoms with Crippen LogP contribution in [-0.2, 0) is 23.1 Å². The molecular weight excluding hydrogens is 270 g/mol. The van der Waals surface area contributed by atoms with Crippen LogP contribution in [0.4, 0.5) is 0 Å². The first kappa shape index (κ1) is 13.7. The molecule has 104 valence electrons. The zero-order valence-corrected chi connectivity index (χ0v) is 11.2. The molecule has 0 spiro atoms. The molecule has 0 saturated heterocycles. The summed E-state index contributed by atoms with van der Waals surface area (Å²) in [6.45, 7) is 1.37. The lowest BCUT2D eigenvalue weighted by Gasteiger charge is -2.06. The molecule has 0 aromatic carbocycles. The van der Waals surface area contributed by atoms with Crippen LogP contribution in [0.2, 0.25) is 0 Å². The Morgan fingerprint density at radius 3 is 2.89 bits per heavy atom. The molecule has 0 amide bonds. The lowest BCUT2D eigenvalue weighted by Crippen LogP contribution is -2.27. The Labute approximate surface area is 110 Å². The van der Waals surface area contributed by atoms with Gasteiger partial charge in [0.15, 0.2) is 0 Å².